The highest BCUT2D eigenvalue weighted by molar-refractivity contribution is 5.75. The van der Waals surface area contributed by atoms with E-state index in [2.05, 4.69) is 37.0 Å². The fraction of sp³-hybridized carbons (Fsp3) is 0.250. The fourth-order valence-electron chi connectivity index (χ4n) is 2.06. The first-order chi connectivity index (χ1) is 9.17. The Bertz CT molecular complexity index is 609. The van der Waals surface area contributed by atoms with Gasteiger partial charge < -0.3 is 5.73 Å². The average Bonchev–Trinajstić information content (AvgIpc) is 2.46. The van der Waals surface area contributed by atoms with Crippen LogP contribution in [0.25, 0.3) is 11.1 Å². The van der Waals surface area contributed by atoms with Crippen molar-refractivity contribution in [1.82, 2.24) is 4.98 Å². The maximum absolute atomic E-state index is 9.17. The standard InChI is InChI=1S/C16H17N3/c1-3-11(2)12-4-6-13(7-5-12)14-8-9-19-16(18)15(14)10-17/h4-9,11H,3H2,1-2H3,(H2,18,19). The molecule has 0 aliphatic rings. The summed E-state index contributed by atoms with van der Waals surface area (Å²) in [5, 5.41) is 9.17. The van der Waals surface area contributed by atoms with Gasteiger partial charge in [0, 0.05) is 11.8 Å². The van der Waals surface area contributed by atoms with Crippen molar-refractivity contribution in [2.24, 2.45) is 0 Å². The van der Waals surface area contributed by atoms with E-state index in [1.165, 1.54) is 5.56 Å². The molecule has 3 heteroatoms. The van der Waals surface area contributed by atoms with Crippen molar-refractivity contribution in [3.63, 3.8) is 0 Å². The minimum Gasteiger partial charge on any atom is -0.383 e. The largest absolute Gasteiger partial charge is 0.383 e. The Kier molecular flexibility index (Phi) is 3.82. The van der Waals surface area contributed by atoms with Crippen LogP contribution in [0.2, 0.25) is 0 Å². The number of nitrogens with zero attached hydrogens (tertiary/aromatic N) is 2. The summed E-state index contributed by atoms with van der Waals surface area (Å²) in [4.78, 5) is 3.95. The highest BCUT2D eigenvalue weighted by Crippen LogP contribution is 2.28. The van der Waals surface area contributed by atoms with E-state index in [0.29, 0.717) is 11.5 Å². The molecule has 0 bridgehead atoms. The number of benzene rings is 1. The SMILES string of the molecule is CCC(C)c1ccc(-c2ccnc(N)c2C#N)cc1. The van der Waals surface area contributed by atoms with Gasteiger partial charge in [-0.3, -0.25) is 0 Å². The predicted octanol–water partition coefficient (Wildman–Crippen LogP) is 3.72. The molecule has 0 saturated carbocycles. The molecule has 0 fully saturated rings. The molecule has 1 atom stereocenters. The molecule has 0 spiro atoms. The van der Waals surface area contributed by atoms with Gasteiger partial charge in [-0.2, -0.15) is 5.26 Å². The zero-order valence-corrected chi connectivity index (χ0v) is 11.2. The van der Waals surface area contributed by atoms with Gasteiger partial charge in [0.25, 0.3) is 0 Å². The van der Waals surface area contributed by atoms with Crippen LogP contribution in [0.1, 0.15) is 37.3 Å². The Morgan fingerprint density at radius 2 is 1.95 bits per heavy atom. The molecule has 2 aromatic rings. The van der Waals surface area contributed by atoms with Gasteiger partial charge >= 0.3 is 0 Å². The third-order valence-electron chi connectivity index (χ3n) is 3.50. The summed E-state index contributed by atoms with van der Waals surface area (Å²) in [6.45, 7) is 4.38. The monoisotopic (exact) mass is 251 g/mol. The minimum atomic E-state index is 0.283. The van der Waals surface area contributed by atoms with Crippen LogP contribution in [0.5, 0.6) is 0 Å². The number of nitriles is 1. The summed E-state index contributed by atoms with van der Waals surface area (Å²) in [7, 11) is 0. The van der Waals surface area contributed by atoms with E-state index < -0.39 is 0 Å². The number of hydrogen-bond acceptors (Lipinski definition) is 3. The third-order valence-corrected chi connectivity index (χ3v) is 3.50. The van der Waals surface area contributed by atoms with Crippen molar-refractivity contribution >= 4 is 5.82 Å². The van der Waals surface area contributed by atoms with E-state index in [1.54, 1.807) is 6.20 Å². The molecule has 1 aromatic carbocycles. The van der Waals surface area contributed by atoms with Crippen LogP contribution in [0.4, 0.5) is 5.82 Å². The first-order valence-electron chi connectivity index (χ1n) is 6.42. The molecule has 0 aliphatic heterocycles. The normalized spacial score (nSPS) is 11.8. The Labute approximate surface area is 113 Å². The number of anilines is 1. The molecule has 0 amide bonds. The second-order valence-electron chi connectivity index (χ2n) is 4.66. The van der Waals surface area contributed by atoms with Crippen LogP contribution in [0.3, 0.4) is 0 Å². The van der Waals surface area contributed by atoms with Crippen LogP contribution in [-0.4, -0.2) is 4.98 Å². The number of nitrogen functional groups attached to an aromatic ring is 1. The van der Waals surface area contributed by atoms with Gasteiger partial charge in [0.2, 0.25) is 0 Å². The highest BCUT2D eigenvalue weighted by atomic mass is 14.8. The summed E-state index contributed by atoms with van der Waals surface area (Å²) in [6, 6.07) is 12.3. The Morgan fingerprint density at radius 1 is 1.26 bits per heavy atom. The maximum atomic E-state index is 9.17. The van der Waals surface area contributed by atoms with E-state index >= 15 is 0 Å². The van der Waals surface area contributed by atoms with Gasteiger partial charge in [-0.15, -0.1) is 0 Å². The molecule has 96 valence electrons. The second kappa shape index (κ2) is 5.53. The molecule has 2 rings (SSSR count). The van der Waals surface area contributed by atoms with Crippen molar-refractivity contribution in [2.75, 3.05) is 5.73 Å². The first-order valence-corrected chi connectivity index (χ1v) is 6.42. The zero-order chi connectivity index (χ0) is 13.8. The molecular formula is C16H17N3. The van der Waals surface area contributed by atoms with E-state index in [4.69, 9.17) is 5.73 Å². The molecule has 1 heterocycles. The maximum Gasteiger partial charge on any atom is 0.141 e. The minimum absolute atomic E-state index is 0.283. The van der Waals surface area contributed by atoms with Crippen molar-refractivity contribution in [3.8, 4) is 17.2 Å². The fourth-order valence-corrected chi connectivity index (χ4v) is 2.06. The number of pyridine rings is 1. The molecule has 0 saturated heterocycles. The average molecular weight is 251 g/mol. The Balaban J connectivity index is 2.44. The van der Waals surface area contributed by atoms with E-state index in [1.807, 2.05) is 18.2 Å². The molecule has 1 aromatic heterocycles. The quantitative estimate of drug-likeness (QED) is 0.904. The van der Waals surface area contributed by atoms with Crippen molar-refractivity contribution in [2.45, 2.75) is 26.2 Å². The lowest BCUT2D eigenvalue weighted by Crippen LogP contribution is -1.97. The molecule has 0 radical (unpaired) electrons. The highest BCUT2D eigenvalue weighted by Gasteiger charge is 2.09. The lowest BCUT2D eigenvalue weighted by atomic mass is 9.95. The predicted molar refractivity (Wildman–Crippen MR) is 77.5 cm³/mol. The molecule has 19 heavy (non-hydrogen) atoms. The zero-order valence-electron chi connectivity index (χ0n) is 11.2. The molecule has 3 nitrogen and oxygen atoms in total. The Hall–Kier alpha value is -2.34. The number of nitrogens with two attached hydrogens (primary N) is 1. The molecular weight excluding hydrogens is 234 g/mol. The van der Waals surface area contributed by atoms with Gasteiger partial charge in [-0.05, 0) is 29.5 Å². The van der Waals surface area contributed by atoms with E-state index in [-0.39, 0.29) is 5.82 Å². The van der Waals surface area contributed by atoms with Crippen LogP contribution in [0, 0.1) is 11.3 Å². The van der Waals surface area contributed by atoms with Crippen LogP contribution >= 0.6 is 0 Å². The third kappa shape index (κ3) is 2.58. The van der Waals surface area contributed by atoms with Crippen LogP contribution < -0.4 is 5.73 Å². The van der Waals surface area contributed by atoms with Crippen molar-refractivity contribution < 1.29 is 0 Å². The molecule has 2 N–H and O–H groups in total. The second-order valence-corrected chi connectivity index (χ2v) is 4.66. The van der Waals surface area contributed by atoms with Crippen LogP contribution in [0.15, 0.2) is 36.5 Å². The smallest absolute Gasteiger partial charge is 0.141 e. The van der Waals surface area contributed by atoms with Gasteiger partial charge in [0.15, 0.2) is 0 Å². The Morgan fingerprint density at radius 3 is 2.53 bits per heavy atom. The van der Waals surface area contributed by atoms with Gasteiger partial charge in [-0.1, -0.05) is 38.1 Å². The van der Waals surface area contributed by atoms with Gasteiger partial charge in [0.1, 0.15) is 17.5 Å². The summed E-state index contributed by atoms with van der Waals surface area (Å²) < 4.78 is 0. The summed E-state index contributed by atoms with van der Waals surface area (Å²) in [5.74, 6) is 0.831. The summed E-state index contributed by atoms with van der Waals surface area (Å²) in [6.07, 6.45) is 2.75. The van der Waals surface area contributed by atoms with Gasteiger partial charge in [-0.25, -0.2) is 4.98 Å². The first kappa shape index (κ1) is 13.1. The number of hydrogen-bond donors (Lipinski definition) is 1. The van der Waals surface area contributed by atoms with Crippen molar-refractivity contribution in [1.29, 1.82) is 5.26 Å². The number of rotatable bonds is 3. The van der Waals surface area contributed by atoms with Crippen molar-refractivity contribution in [3.05, 3.63) is 47.7 Å². The van der Waals surface area contributed by atoms with Crippen LogP contribution in [-0.2, 0) is 0 Å². The molecule has 1 unspecified atom stereocenters. The topological polar surface area (TPSA) is 62.7 Å². The summed E-state index contributed by atoms with van der Waals surface area (Å²) >= 11 is 0. The van der Waals surface area contributed by atoms with E-state index in [0.717, 1.165) is 17.5 Å². The van der Waals surface area contributed by atoms with E-state index in [9.17, 15) is 5.26 Å². The lowest BCUT2D eigenvalue weighted by Gasteiger charge is -2.11. The molecule has 0 aliphatic carbocycles. The lowest BCUT2D eigenvalue weighted by molar-refractivity contribution is 0.734. The van der Waals surface area contributed by atoms with Gasteiger partial charge in [0.05, 0.1) is 0 Å². The summed E-state index contributed by atoms with van der Waals surface area (Å²) in [5.41, 5.74) is 9.33. The number of aromatic nitrogens is 1.